The fourth-order valence-corrected chi connectivity index (χ4v) is 8.06. The van der Waals surface area contributed by atoms with Crippen molar-refractivity contribution in [2.45, 2.75) is 76.3 Å². The van der Waals surface area contributed by atoms with Crippen LogP contribution in [0.2, 0.25) is 0 Å². The number of carbonyl (C=O) groups excluding carboxylic acids is 1. The van der Waals surface area contributed by atoms with Crippen molar-refractivity contribution < 1.29 is 9.53 Å². The summed E-state index contributed by atoms with van der Waals surface area (Å²) in [6.45, 7) is 0. The van der Waals surface area contributed by atoms with Crippen LogP contribution in [0.25, 0.3) is 0 Å². The number of hydrogen-bond acceptors (Lipinski definition) is 7. The number of nitrogens with one attached hydrogen (secondary N) is 1. The average Bonchev–Trinajstić information content (AvgIpc) is 2.79. The van der Waals surface area contributed by atoms with Crippen molar-refractivity contribution in [3.8, 4) is 5.75 Å². The molecule has 7 rings (SSSR count). The number of amides is 1. The third-order valence-corrected chi connectivity index (χ3v) is 9.06. The molecule has 8 heteroatoms. The summed E-state index contributed by atoms with van der Waals surface area (Å²) in [7, 11) is 1.64. The maximum absolute atomic E-state index is 13.6. The maximum Gasteiger partial charge on any atom is 0.230 e. The van der Waals surface area contributed by atoms with Crippen LogP contribution in [0, 0.1) is 23.2 Å². The van der Waals surface area contributed by atoms with Gasteiger partial charge in [0.2, 0.25) is 17.8 Å². The van der Waals surface area contributed by atoms with Crippen LogP contribution in [0.15, 0.2) is 28.2 Å². The molecule has 0 saturated heterocycles. The molecule has 0 atom stereocenters. The van der Waals surface area contributed by atoms with Gasteiger partial charge in [0.25, 0.3) is 0 Å². The number of ether oxygens (including phenoxy) is 1. The van der Waals surface area contributed by atoms with E-state index in [1.54, 1.807) is 7.11 Å². The van der Waals surface area contributed by atoms with Crippen molar-refractivity contribution in [2.75, 3.05) is 17.3 Å². The predicted octanol–water partition coefficient (Wildman–Crippen LogP) is 3.96. The molecular formula is C26H36N6O2. The highest BCUT2D eigenvalue weighted by molar-refractivity contribution is 6.06. The molecule has 4 bridgehead atoms. The van der Waals surface area contributed by atoms with E-state index in [1.165, 1.54) is 25.7 Å². The standard InChI is InChI=1S/C26H36N6O2/c1-34-21-12-19(32-24(28)30-23(27)31-26(32)7-3-2-4-8-26)5-6-20(21)29-22(33)25-13-16-9-17(14-25)11-18(10-16)15-25/h5-6,12,16-18H,2-4,7-11,13-15H2,1H3,(H,29,33)(H4,27,28,30,31). The Morgan fingerprint density at radius 2 is 1.71 bits per heavy atom. The van der Waals surface area contributed by atoms with Crippen LogP contribution in [-0.4, -0.2) is 30.6 Å². The molecular weight excluding hydrogens is 428 g/mol. The van der Waals surface area contributed by atoms with Crippen molar-refractivity contribution in [3.63, 3.8) is 0 Å². The number of rotatable bonds is 4. The summed E-state index contributed by atoms with van der Waals surface area (Å²) in [6, 6.07) is 5.84. The molecule has 5 N–H and O–H groups in total. The van der Waals surface area contributed by atoms with Gasteiger partial charge in [0.15, 0.2) is 0 Å². The van der Waals surface area contributed by atoms with Crippen LogP contribution in [0.1, 0.15) is 70.6 Å². The summed E-state index contributed by atoms with van der Waals surface area (Å²) < 4.78 is 5.75. The molecule has 5 saturated carbocycles. The smallest absolute Gasteiger partial charge is 0.230 e. The average molecular weight is 465 g/mol. The summed E-state index contributed by atoms with van der Waals surface area (Å²) in [4.78, 5) is 24.6. The second kappa shape index (κ2) is 7.89. The summed E-state index contributed by atoms with van der Waals surface area (Å²) >= 11 is 0. The molecule has 1 aromatic carbocycles. The second-order valence-corrected chi connectivity index (χ2v) is 11.4. The lowest BCUT2D eigenvalue weighted by Crippen LogP contribution is -2.58. The molecule has 34 heavy (non-hydrogen) atoms. The molecule has 1 amide bonds. The molecule has 1 aromatic rings. The highest BCUT2D eigenvalue weighted by atomic mass is 16.5. The van der Waals surface area contributed by atoms with Gasteiger partial charge in [-0.15, -0.1) is 0 Å². The first kappa shape index (κ1) is 21.7. The molecule has 0 radical (unpaired) electrons. The van der Waals surface area contributed by atoms with Crippen molar-refractivity contribution in [1.29, 1.82) is 0 Å². The molecule has 1 spiro atoms. The van der Waals surface area contributed by atoms with Gasteiger partial charge in [0.05, 0.1) is 23.9 Å². The first-order chi connectivity index (χ1) is 16.4. The molecule has 0 aromatic heterocycles. The highest BCUT2D eigenvalue weighted by Crippen LogP contribution is 2.60. The van der Waals surface area contributed by atoms with Crippen molar-refractivity contribution in [3.05, 3.63) is 18.2 Å². The number of carbonyl (C=O) groups is 1. The second-order valence-electron chi connectivity index (χ2n) is 11.4. The van der Waals surface area contributed by atoms with Crippen molar-refractivity contribution in [1.82, 2.24) is 0 Å². The van der Waals surface area contributed by atoms with Crippen LogP contribution in [0.3, 0.4) is 0 Å². The Morgan fingerprint density at radius 3 is 2.32 bits per heavy atom. The van der Waals surface area contributed by atoms with Gasteiger partial charge in [-0.05, 0) is 94.1 Å². The Balaban J connectivity index is 1.28. The summed E-state index contributed by atoms with van der Waals surface area (Å²) in [5.74, 6) is 3.55. The zero-order valence-electron chi connectivity index (χ0n) is 20.1. The van der Waals surface area contributed by atoms with Gasteiger partial charge < -0.3 is 21.5 Å². The molecule has 5 aliphatic carbocycles. The van der Waals surface area contributed by atoms with E-state index in [4.69, 9.17) is 21.2 Å². The van der Waals surface area contributed by atoms with E-state index in [0.29, 0.717) is 17.4 Å². The minimum absolute atomic E-state index is 0.165. The number of nitrogens with two attached hydrogens (primary N) is 2. The SMILES string of the molecule is COc1cc(N2C(N)=NC(N)=NC23CCCCC3)ccc1NC(=O)C12CC3CC(CC(C3)C1)C2. The van der Waals surface area contributed by atoms with E-state index >= 15 is 0 Å². The topological polar surface area (TPSA) is 118 Å². The maximum atomic E-state index is 13.6. The predicted molar refractivity (Wildman–Crippen MR) is 134 cm³/mol. The number of nitrogens with zero attached hydrogens (tertiary/aromatic N) is 3. The van der Waals surface area contributed by atoms with Gasteiger partial charge in [-0.25, -0.2) is 4.99 Å². The Hall–Kier alpha value is -2.77. The van der Waals surface area contributed by atoms with Crippen LogP contribution < -0.4 is 26.4 Å². The summed E-state index contributed by atoms with van der Waals surface area (Å²) in [6.07, 6.45) is 12.1. The van der Waals surface area contributed by atoms with Crippen molar-refractivity contribution >= 4 is 29.2 Å². The van der Waals surface area contributed by atoms with Crippen LogP contribution >= 0.6 is 0 Å². The molecule has 1 aliphatic heterocycles. The Bertz CT molecular complexity index is 1020. The van der Waals surface area contributed by atoms with Crippen LogP contribution in [0.5, 0.6) is 5.75 Å². The Morgan fingerprint density at radius 1 is 1.06 bits per heavy atom. The summed E-state index contributed by atoms with van der Waals surface area (Å²) in [5.41, 5.74) is 13.2. The quantitative estimate of drug-likeness (QED) is 0.623. The van der Waals surface area contributed by atoms with Gasteiger partial charge >= 0.3 is 0 Å². The third kappa shape index (κ3) is 3.45. The fraction of sp³-hybridized carbons (Fsp3) is 0.654. The Labute approximate surface area is 201 Å². The van der Waals surface area contributed by atoms with E-state index in [1.807, 2.05) is 23.1 Å². The number of aliphatic imine (C=N–C) groups is 2. The number of methoxy groups -OCH3 is 1. The summed E-state index contributed by atoms with van der Waals surface area (Å²) in [5, 5.41) is 3.25. The lowest BCUT2D eigenvalue weighted by Gasteiger charge is -2.55. The first-order valence-corrected chi connectivity index (χ1v) is 12.9. The van der Waals surface area contributed by atoms with Gasteiger partial charge in [-0.2, -0.15) is 4.99 Å². The normalized spacial score (nSPS) is 33.4. The molecule has 5 fully saturated rings. The fourth-order valence-electron chi connectivity index (χ4n) is 8.06. The molecule has 6 aliphatic rings. The van der Waals surface area contributed by atoms with Gasteiger partial charge in [-0.3, -0.25) is 9.69 Å². The lowest BCUT2D eigenvalue weighted by molar-refractivity contribution is -0.140. The first-order valence-electron chi connectivity index (χ1n) is 12.9. The Kier molecular flexibility index (Phi) is 5.04. The lowest BCUT2D eigenvalue weighted by atomic mass is 9.49. The number of guanidine groups is 2. The van der Waals surface area contributed by atoms with Gasteiger partial charge in [0, 0.05) is 6.07 Å². The minimum atomic E-state index is -0.511. The van der Waals surface area contributed by atoms with Gasteiger partial charge in [0.1, 0.15) is 11.4 Å². The molecule has 182 valence electrons. The zero-order valence-corrected chi connectivity index (χ0v) is 20.1. The highest BCUT2D eigenvalue weighted by Gasteiger charge is 2.54. The van der Waals surface area contributed by atoms with Crippen molar-refractivity contribution in [2.24, 2.45) is 44.6 Å². The van der Waals surface area contributed by atoms with Gasteiger partial charge in [-0.1, -0.05) is 6.42 Å². The largest absolute Gasteiger partial charge is 0.494 e. The number of anilines is 2. The van der Waals surface area contributed by atoms with E-state index < -0.39 is 5.66 Å². The van der Waals surface area contributed by atoms with E-state index in [-0.39, 0.29) is 17.3 Å². The third-order valence-electron chi connectivity index (χ3n) is 9.06. The molecule has 1 heterocycles. The van der Waals surface area contributed by atoms with E-state index in [2.05, 4.69) is 10.3 Å². The van der Waals surface area contributed by atoms with Crippen LogP contribution in [-0.2, 0) is 4.79 Å². The van der Waals surface area contributed by atoms with Crippen LogP contribution in [0.4, 0.5) is 11.4 Å². The molecule has 0 unspecified atom stereocenters. The monoisotopic (exact) mass is 464 g/mol. The van der Waals surface area contributed by atoms with E-state index in [0.717, 1.165) is 68.4 Å². The number of hydrogen-bond donors (Lipinski definition) is 3. The minimum Gasteiger partial charge on any atom is -0.494 e. The van der Waals surface area contributed by atoms with E-state index in [9.17, 15) is 4.79 Å². The molecule has 8 nitrogen and oxygen atoms in total. The number of benzene rings is 1. The zero-order chi connectivity index (χ0) is 23.5.